The van der Waals surface area contributed by atoms with E-state index >= 15 is 0 Å². The number of piperazine rings is 1. The highest BCUT2D eigenvalue weighted by Crippen LogP contribution is 2.20. The minimum absolute atomic E-state index is 0.00148. The second-order valence-corrected chi connectivity index (χ2v) is 9.25. The Bertz CT molecular complexity index is 810. The molecule has 1 unspecified atom stereocenters. The summed E-state index contributed by atoms with van der Waals surface area (Å²) in [5.74, 6) is -0.122. The van der Waals surface area contributed by atoms with Gasteiger partial charge in [-0.2, -0.15) is 0 Å². The summed E-state index contributed by atoms with van der Waals surface area (Å²) in [6.45, 7) is 6.59. The molecule has 0 aromatic heterocycles. The molecular formula is C19H29ClN4O4S. The number of hydrogen-bond donors (Lipinski definition) is 2. The molecule has 1 saturated heterocycles. The molecule has 1 fully saturated rings. The Morgan fingerprint density at radius 2 is 1.83 bits per heavy atom. The van der Waals surface area contributed by atoms with Gasteiger partial charge in [0.05, 0.1) is 11.6 Å². The van der Waals surface area contributed by atoms with Crippen molar-refractivity contribution >= 4 is 33.4 Å². The Labute approximate surface area is 177 Å². The van der Waals surface area contributed by atoms with Crippen molar-refractivity contribution in [3.8, 4) is 0 Å². The summed E-state index contributed by atoms with van der Waals surface area (Å²) in [4.78, 5) is 28.0. The van der Waals surface area contributed by atoms with Crippen LogP contribution in [0.5, 0.6) is 0 Å². The van der Waals surface area contributed by atoms with Crippen LogP contribution < -0.4 is 10.0 Å². The molecule has 2 N–H and O–H groups in total. The van der Waals surface area contributed by atoms with Gasteiger partial charge in [-0.1, -0.05) is 30.7 Å². The number of carbonyl (C=O) groups excluding carboxylic acids is 2. The number of nitrogens with one attached hydrogen (secondary N) is 2. The fourth-order valence-corrected chi connectivity index (χ4v) is 4.52. The van der Waals surface area contributed by atoms with Crippen LogP contribution in [0, 0.1) is 0 Å². The van der Waals surface area contributed by atoms with E-state index in [1.165, 1.54) is 12.1 Å². The molecule has 2 rings (SSSR count). The lowest BCUT2D eigenvalue weighted by molar-refractivity contribution is -0.133. The molecule has 1 heterocycles. The van der Waals surface area contributed by atoms with Gasteiger partial charge in [0.15, 0.2) is 0 Å². The third kappa shape index (κ3) is 7.26. The molecule has 162 valence electrons. The maximum absolute atomic E-state index is 12.4. The summed E-state index contributed by atoms with van der Waals surface area (Å²) < 4.78 is 27.0. The van der Waals surface area contributed by atoms with Gasteiger partial charge < -0.3 is 10.2 Å². The van der Waals surface area contributed by atoms with Gasteiger partial charge in [-0.3, -0.25) is 14.5 Å². The van der Waals surface area contributed by atoms with Gasteiger partial charge in [0.2, 0.25) is 21.8 Å². The Morgan fingerprint density at radius 1 is 1.17 bits per heavy atom. The molecule has 1 aliphatic heterocycles. The van der Waals surface area contributed by atoms with Gasteiger partial charge in [0.25, 0.3) is 0 Å². The summed E-state index contributed by atoms with van der Waals surface area (Å²) in [7, 11) is -3.76. The number of benzene rings is 1. The lowest BCUT2D eigenvalue weighted by atomic mass is 10.2. The topological polar surface area (TPSA) is 98.8 Å². The molecular weight excluding hydrogens is 416 g/mol. The van der Waals surface area contributed by atoms with E-state index in [0.29, 0.717) is 32.7 Å². The molecule has 1 aromatic carbocycles. The van der Waals surface area contributed by atoms with Crippen LogP contribution in [0.15, 0.2) is 29.2 Å². The second kappa shape index (κ2) is 10.9. The predicted molar refractivity (Wildman–Crippen MR) is 112 cm³/mol. The first-order chi connectivity index (χ1) is 13.7. The fourth-order valence-electron chi connectivity index (χ4n) is 2.97. The van der Waals surface area contributed by atoms with E-state index in [-0.39, 0.29) is 40.7 Å². The van der Waals surface area contributed by atoms with E-state index < -0.39 is 10.0 Å². The predicted octanol–water partition coefficient (Wildman–Crippen LogP) is 1.07. The lowest BCUT2D eigenvalue weighted by Crippen LogP contribution is -2.52. The average Bonchev–Trinajstić information content (AvgIpc) is 2.68. The zero-order chi connectivity index (χ0) is 21.4. The number of hydrogen-bond acceptors (Lipinski definition) is 5. The fraction of sp³-hybridized carbons (Fsp3) is 0.579. The molecule has 0 radical (unpaired) electrons. The minimum Gasteiger partial charge on any atom is -0.353 e. The summed E-state index contributed by atoms with van der Waals surface area (Å²) in [6.07, 6.45) is 0.951. The van der Waals surface area contributed by atoms with Crippen LogP contribution in [-0.4, -0.2) is 75.3 Å². The van der Waals surface area contributed by atoms with Gasteiger partial charge >= 0.3 is 0 Å². The standard InChI is InChI=1S/C19H29ClN4O4S/c1-3-15(2)22-18(25)14-23-10-12-24(13-11-23)19(26)8-9-21-29(27,28)17-7-5-4-6-16(17)20/h4-7,15,21H,3,8-14H2,1-2H3,(H,22,25). The molecule has 0 saturated carbocycles. The Hall–Kier alpha value is -1.68. The highest BCUT2D eigenvalue weighted by atomic mass is 35.5. The van der Waals surface area contributed by atoms with Gasteiger partial charge in [-0.05, 0) is 25.5 Å². The van der Waals surface area contributed by atoms with Crippen LogP contribution >= 0.6 is 11.6 Å². The first-order valence-corrected chi connectivity index (χ1v) is 11.6. The molecule has 10 heteroatoms. The van der Waals surface area contributed by atoms with Crippen molar-refractivity contribution in [2.24, 2.45) is 0 Å². The molecule has 0 bridgehead atoms. The van der Waals surface area contributed by atoms with Crippen molar-refractivity contribution in [3.63, 3.8) is 0 Å². The van der Waals surface area contributed by atoms with E-state index in [2.05, 4.69) is 10.0 Å². The summed E-state index contributed by atoms with van der Waals surface area (Å²) in [5, 5.41) is 3.07. The molecule has 1 aromatic rings. The van der Waals surface area contributed by atoms with Crippen LogP contribution in [-0.2, 0) is 19.6 Å². The van der Waals surface area contributed by atoms with Crippen molar-refractivity contribution in [1.82, 2.24) is 19.8 Å². The average molecular weight is 445 g/mol. The SMILES string of the molecule is CCC(C)NC(=O)CN1CCN(C(=O)CCNS(=O)(=O)c2ccccc2Cl)CC1. The molecule has 8 nitrogen and oxygen atoms in total. The summed E-state index contributed by atoms with van der Waals surface area (Å²) >= 11 is 5.93. The van der Waals surface area contributed by atoms with Crippen LogP contribution in [0.2, 0.25) is 5.02 Å². The quantitative estimate of drug-likeness (QED) is 0.593. The van der Waals surface area contributed by atoms with Crippen molar-refractivity contribution in [1.29, 1.82) is 0 Å². The van der Waals surface area contributed by atoms with Crippen LogP contribution in [0.4, 0.5) is 0 Å². The van der Waals surface area contributed by atoms with Crippen molar-refractivity contribution in [2.45, 2.75) is 37.6 Å². The zero-order valence-electron chi connectivity index (χ0n) is 16.9. The Morgan fingerprint density at radius 3 is 2.45 bits per heavy atom. The maximum Gasteiger partial charge on any atom is 0.242 e. The molecule has 0 aliphatic carbocycles. The largest absolute Gasteiger partial charge is 0.353 e. The number of nitrogens with zero attached hydrogens (tertiary/aromatic N) is 2. The molecule has 1 aliphatic rings. The van der Waals surface area contributed by atoms with Crippen LogP contribution in [0.1, 0.15) is 26.7 Å². The number of amides is 2. The van der Waals surface area contributed by atoms with Gasteiger partial charge in [0, 0.05) is 45.2 Å². The Kier molecular flexibility index (Phi) is 8.88. The van der Waals surface area contributed by atoms with Gasteiger partial charge in [0.1, 0.15) is 4.90 Å². The highest BCUT2D eigenvalue weighted by Gasteiger charge is 2.23. The minimum atomic E-state index is -3.76. The molecule has 2 amide bonds. The molecule has 1 atom stereocenters. The van der Waals surface area contributed by atoms with E-state index in [9.17, 15) is 18.0 Å². The smallest absolute Gasteiger partial charge is 0.242 e. The van der Waals surface area contributed by atoms with Crippen molar-refractivity contribution in [2.75, 3.05) is 39.3 Å². The first kappa shape index (κ1) is 23.6. The summed E-state index contributed by atoms with van der Waals surface area (Å²) in [5.41, 5.74) is 0. The highest BCUT2D eigenvalue weighted by molar-refractivity contribution is 7.89. The van der Waals surface area contributed by atoms with E-state index in [1.54, 1.807) is 17.0 Å². The monoisotopic (exact) mass is 444 g/mol. The van der Waals surface area contributed by atoms with E-state index in [1.807, 2.05) is 18.7 Å². The maximum atomic E-state index is 12.4. The second-order valence-electron chi connectivity index (χ2n) is 7.11. The molecule has 0 spiro atoms. The van der Waals surface area contributed by atoms with E-state index in [0.717, 1.165) is 6.42 Å². The summed E-state index contributed by atoms with van der Waals surface area (Å²) in [6, 6.07) is 6.32. The lowest BCUT2D eigenvalue weighted by Gasteiger charge is -2.34. The Balaban J connectivity index is 1.73. The number of halogens is 1. The van der Waals surface area contributed by atoms with Crippen molar-refractivity contribution in [3.05, 3.63) is 29.3 Å². The van der Waals surface area contributed by atoms with Crippen LogP contribution in [0.25, 0.3) is 0 Å². The van der Waals surface area contributed by atoms with Crippen molar-refractivity contribution < 1.29 is 18.0 Å². The van der Waals surface area contributed by atoms with Crippen LogP contribution in [0.3, 0.4) is 0 Å². The van der Waals surface area contributed by atoms with Gasteiger partial charge in [-0.25, -0.2) is 13.1 Å². The first-order valence-electron chi connectivity index (χ1n) is 9.76. The number of sulfonamides is 1. The third-order valence-electron chi connectivity index (χ3n) is 4.87. The van der Waals surface area contributed by atoms with Gasteiger partial charge in [-0.15, -0.1) is 0 Å². The number of rotatable bonds is 9. The molecule has 29 heavy (non-hydrogen) atoms. The number of carbonyl (C=O) groups is 2. The zero-order valence-corrected chi connectivity index (χ0v) is 18.4. The normalized spacial score (nSPS) is 16.4. The third-order valence-corrected chi connectivity index (χ3v) is 6.83. The van der Waals surface area contributed by atoms with E-state index in [4.69, 9.17) is 11.6 Å².